The summed E-state index contributed by atoms with van der Waals surface area (Å²) in [6.07, 6.45) is 7.41. The molecule has 0 heterocycles. The summed E-state index contributed by atoms with van der Waals surface area (Å²) < 4.78 is 0. The lowest BCUT2D eigenvalue weighted by atomic mass is 9.94. The van der Waals surface area contributed by atoms with Crippen LogP contribution in [0.15, 0.2) is 18.2 Å². The molecule has 4 heteroatoms. The van der Waals surface area contributed by atoms with Crippen LogP contribution in [-0.4, -0.2) is 17.5 Å². The highest BCUT2D eigenvalue weighted by atomic mass is 35.5. The van der Waals surface area contributed by atoms with Gasteiger partial charge in [-0.3, -0.25) is 0 Å². The monoisotopic (exact) mass is 294 g/mol. The minimum Gasteiger partial charge on any atom is -0.309 e. The van der Waals surface area contributed by atoms with Gasteiger partial charge in [-0.2, -0.15) is 17.0 Å². The Morgan fingerprint density at radius 1 is 1.42 bits per heavy atom. The molecule has 1 aliphatic carbocycles. The van der Waals surface area contributed by atoms with Crippen molar-refractivity contribution in [2.24, 2.45) is 0 Å². The minimum absolute atomic E-state index is 0.579. The standard InChI is InChI=1S/C15H19ClN2S/c1-19-15-5-3-2-4-14(15)18-10-12-7-6-11(9-17)8-13(12)16/h6-8,14-15,18H,2-5,10H2,1H3. The fourth-order valence-corrected chi connectivity index (χ4v) is 3.82. The molecule has 0 aromatic heterocycles. The third-order valence-corrected chi connectivity index (χ3v) is 5.26. The highest BCUT2D eigenvalue weighted by Crippen LogP contribution is 2.27. The molecule has 1 N–H and O–H groups in total. The number of nitrogens with one attached hydrogen (secondary N) is 1. The van der Waals surface area contributed by atoms with Crippen molar-refractivity contribution in [2.45, 2.75) is 43.5 Å². The van der Waals surface area contributed by atoms with Crippen molar-refractivity contribution in [3.8, 4) is 6.07 Å². The summed E-state index contributed by atoms with van der Waals surface area (Å²) in [6.45, 7) is 0.784. The van der Waals surface area contributed by atoms with E-state index in [9.17, 15) is 0 Å². The lowest BCUT2D eigenvalue weighted by Gasteiger charge is -2.31. The van der Waals surface area contributed by atoms with E-state index in [1.54, 1.807) is 6.07 Å². The highest BCUT2D eigenvalue weighted by Gasteiger charge is 2.23. The number of hydrogen-bond donors (Lipinski definition) is 1. The summed E-state index contributed by atoms with van der Waals surface area (Å²) in [4.78, 5) is 0. The minimum atomic E-state index is 0.579. The lowest BCUT2D eigenvalue weighted by molar-refractivity contribution is 0.383. The smallest absolute Gasteiger partial charge is 0.0992 e. The zero-order chi connectivity index (χ0) is 13.7. The van der Waals surface area contributed by atoms with E-state index < -0.39 is 0 Å². The van der Waals surface area contributed by atoms with Crippen LogP contribution in [0, 0.1) is 11.3 Å². The van der Waals surface area contributed by atoms with Crippen LogP contribution < -0.4 is 5.32 Å². The topological polar surface area (TPSA) is 35.8 Å². The van der Waals surface area contributed by atoms with Crippen molar-refractivity contribution < 1.29 is 0 Å². The maximum absolute atomic E-state index is 8.83. The van der Waals surface area contributed by atoms with Gasteiger partial charge in [-0.15, -0.1) is 0 Å². The molecule has 2 atom stereocenters. The molecule has 0 bridgehead atoms. The first-order chi connectivity index (χ1) is 9.24. The summed E-state index contributed by atoms with van der Waals surface area (Å²) in [5.74, 6) is 0. The predicted octanol–water partition coefficient (Wildman–Crippen LogP) is 3.98. The maximum atomic E-state index is 8.83. The van der Waals surface area contributed by atoms with Gasteiger partial charge in [0.05, 0.1) is 11.6 Å². The summed E-state index contributed by atoms with van der Waals surface area (Å²) in [7, 11) is 0. The Labute approximate surface area is 124 Å². The van der Waals surface area contributed by atoms with Gasteiger partial charge in [-0.05, 0) is 36.8 Å². The lowest BCUT2D eigenvalue weighted by Crippen LogP contribution is -2.39. The van der Waals surface area contributed by atoms with Gasteiger partial charge >= 0.3 is 0 Å². The number of benzene rings is 1. The Kier molecular flexibility index (Phi) is 5.57. The van der Waals surface area contributed by atoms with Crippen LogP contribution >= 0.6 is 23.4 Å². The number of rotatable bonds is 4. The van der Waals surface area contributed by atoms with E-state index >= 15 is 0 Å². The zero-order valence-corrected chi connectivity index (χ0v) is 12.7. The molecular weight excluding hydrogens is 276 g/mol. The average molecular weight is 295 g/mol. The Morgan fingerprint density at radius 2 is 2.21 bits per heavy atom. The second-order valence-corrected chi connectivity index (χ2v) is 6.45. The SMILES string of the molecule is CSC1CCCCC1NCc1ccc(C#N)cc1Cl. The van der Waals surface area contributed by atoms with Crippen molar-refractivity contribution in [1.82, 2.24) is 5.32 Å². The Bertz CT molecular complexity index is 470. The fourth-order valence-electron chi connectivity index (χ4n) is 2.61. The molecule has 0 aliphatic heterocycles. The summed E-state index contributed by atoms with van der Waals surface area (Å²) in [6, 6.07) is 8.21. The van der Waals surface area contributed by atoms with E-state index in [4.69, 9.17) is 16.9 Å². The molecule has 1 aliphatic rings. The molecule has 0 saturated heterocycles. The van der Waals surface area contributed by atoms with Crippen molar-refractivity contribution in [3.05, 3.63) is 34.3 Å². The van der Waals surface area contributed by atoms with Crippen LogP contribution in [0.4, 0.5) is 0 Å². The number of halogens is 1. The van der Waals surface area contributed by atoms with Crippen LogP contribution in [0.1, 0.15) is 36.8 Å². The first kappa shape index (κ1) is 14.7. The Hall–Kier alpha value is -0.690. The van der Waals surface area contributed by atoms with Gasteiger partial charge in [0.15, 0.2) is 0 Å². The second-order valence-electron chi connectivity index (χ2n) is 4.96. The van der Waals surface area contributed by atoms with E-state index in [-0.39, 0.29) is 0 Å². The third kappa shape index (κ3) is 3.89. The van der Waals surface area contributed by atoms with Crippen molar-refractivity contribution in [2.75, 3.05) is 6.26 Å². The number of nitrogens with zero attached hydrogens (tertiary/aromatic N) is 1. The number of thioether (sulfide) groups is 1. The molecular formula is C15H19ClN2S. The van der Waals surface area contributed by atoms with Crippen molar-refractivity contribution >= 4 is 23.4 Å². The molecule has 1 fully saturated rings. The van der Waals surface area contributed by atoms with Crippen molar-refractivity contribution in [1.29, 1.82) is 5.26 Å². The molecule has 102 valence electrons. The molecule has 1 aromatic carbocycles. The van der Waals surface area contributed by atoms with Gasteiger partial charge in [0, 0.05) is 22.9 Å². The molecule has 2 unspecified atom stereocenters. The largest absolute Gasteiger partial charge is 0.309 e. The molecule has 0 radical (unpaired) electrons. The van der Waals surface area contributed by atoms with Crippen LogP contribution in [0.3, 0.4) is 0 Å². The zero-order valence-electron chi connectivity index (χ0n) is 11.2. The quantitative estimate of drug-likeness (QED) is 0.912. The Balaban J connectivity index is 1.96. The van der Waals surface area contributed by atoms with Gasteiger partial charge < -0.3 is 5.32 Å². The van der Waals surface area contributed by atoms with Crippen LogP contribution in [0.25, 0.3) is 0 Å². The van der Waals surface area contributed by atoms with Gasteiger partial charge in [0.1, 0.15) is 0 Å². The van der Waals surface area contributed by atoms with Gasteiger partial charge in [-0.25, -0.2) is 0 Å². The molecule has 0 spiro atoms. The van der Waals surface area contributed by atoms with Crippen LogP contribution in [-0.2, 0) is 6.54 Å². The summed E-state index contributed by atoms with van der Waals surface area (Å²) in [5.41, 5.74) is 1.69. The van der Waals surface area contributed by atoms with Gasteiger partial charge in [0.2, 0.25) is 0 Å². The Morgan fingerprint density at radius 3 is 2.89 bits per heavy atom. The van der Waals surface area contributed by atoms with E-state index in [1.807, 2.05) is 23.9 Å². The number of nitriles is 1. The number of hydrogen-bond acceptors (Lipinski definition) is 3. The van der Waals surface area contributed by atoms with Crippen LogP contribution in [0.2, 0.25) is 5.02 Å². The maximum Gasteiger partial charge on any atom is 0.0992 e. The molecule has 2 nitrogen and oxygen atoms in total. The molecule has 0 amide bonds. The van der Waals surface area contributed by atoms with Gasteiger partial charge in [-0.1, -0.05) is 30.5 Å². The van der Waals surface area contributed by atoms with E-state index in [0.717, 1.165) is 12.1 Å². The first-order valence-corrected chi connectivity index (χ1v) is 8.36. The van der Waals surface area contributed by atoms with Gasteiger partial charge in [0.25, 0.3) is 0 Å². The molecule has 19 heavy (non-hydrogen) atoms. The van der Waals surface area contributed by atoms with Crippen molar-refractivity contribution in [3.63, 3.8) is 0 Å². The first-order valence-electron chi connectivity index (χ1n) is 6.69. The van der Waals surface area contributed by atoms with Crippen LogP contribution in [0.5, 0.6) is 0 Å². The third-order valence-electron chi connectivity index (χ3n) is 3.74. The van der Waals surface area contributed by atoms with E-state index in [1.165, 1.54) is 25.7 Å². The molecule has 1 aromatic rings. The normalized spacial score (nSPS) is 23.0. The molecule has 1 saturated carbocycles. The highest BCUT2D eigenvalue weighted by molar-refractivity contribution is 7.99. The van der Waals surface area contributed by atoms with E-state index in [2.05, 4.69) is 17.6 Å². The van der Waals surface area contributed by atoms with E-state index in [0.29, 0.717) is 21.9 Å². The predicted molar refractivity (Wildman–Crippen MR) is 82.6 cm³/mol. The summed E-state index contributed by atoms with van der Waals surface area (Å²) in [5, 5.41) is 13.9. The molecule has 2 rings (SSSR count). The average Bonchev–Trinajstić information content (AvgIpc) is 2.46. The second kappa shape index (κ2) is 7.19. The fraction of sp³-hybridized carbons (Fsp3) is 0.533. The summed E-state index contributed by atoms with van der Waals surface area (Å²) >= 11 is 8.16.